The predicted molar refractivity (Wildman–Crippen MR) is 104 cm³/mol. The standard InChI is InChI=1S/C19H20FN3O.C2H4O2/c1-12-5-6-15(8-18(12)13-7-14(20)11-21-10-13)22-19(24)23-16-3-2-4-17(23)9-16;1-4-2-3/h5-8,10-11,16-17H,2-4,9H2,1H3,(H,22,24);2H,1H3. The number of pyridine rings is 1. The molecule has 1 aromatic carbocycles. The Labute approximate surface area is 163 Å². The number of halogens is 1. The van der Waals surface area contributed by atoms with E-state index in [0.29, 0.717) is 24.1 Å². The molecule has 2 amide bonds. The lowest BCUT2D eigenvalue weighted by molar-refractivity contribution is -0.126. The van der Waals surface area contributed by atoms with E-state index in [4.69, 9.17) is 4.79 Å². The average molecular weight is 385 g/mol. The number of carbonyl (C=O) groups excluding carboxylic acids is 2. The van der Waals surface area contributed by atoms with Crippen molar-refractivity contribution in [2.24, 2.45) is 0 Å². The van der Waals surface area contributed by atoms with Gasteiger partial charge < -0.3 is 15.0 Å². The Balaban J connectivity index is 0.000000516. The van der Waals surface area contributed by atoms with E-state index in [1.807, 2.05) is 30.0 Å². The molecule has 2 aromatic rings. The number of anilines is 1. The first-order chi connectivity index (χ1) is 13.5. The lowest BCUT2D eigenvalue weighted by atomic mass is 9.80. The molecule has 2 atom stereocenters. The Kier molecular flexibility index (Phi) is 6.23. The maximum atomic E-state index is 13.4. The smallest absolute Gasteiger partial charge is 0.322 e. The molecule has 6 nitrogen and oxygen atoms in total. The molecule has 0 aliphatic carbocycles. The number of benzene rings is 1. The number of aromatic nitrogens is 1. The predicted octanol–water partition coefficient (Wildman–Crippen LogP) is 4.14. The second-order valence-corrected chi connectivity index (χ2v) is 7.07. The summed E-state index contributed by atoms with van der Waals surface area (Å²) in [6, 6.07) is 7.96. The molecule has 148 valence electrons. The first kappa shape index (κ1) is 19.8. The molecule has 2 saturated heterocycles. The van der Waals surface area contributed by atoms with Crippen LogP contribution in [0, 0.1) is 12.7 Å². The van der Waals surface area contributed by atoms with Gasteiger partial charge in [0.2, 0.25) is 0 Å². The third-order valence-electron chi connectivity index (χ3n) is 5.24. The van der Waals surface area contributed by atoms with Crippen LogP contribution in [0.1, 0.15) is 31.2 Å². The molecule has 1 N–H and O–H groups in total. The molecule has 2 unspecified atom stereocenters. The fourth-order valence-corrected chi connectivity index (χ4v) is 3.89. The zero-order valence-electron chi connectivity index (χ0n) is 16.0. The third kappa shape index (κ3) is 4.30. The summed E-state index contributed by atoms with van der Waals surface area (Å²) in [5.74, 6) is -0.366. The Morgan fingerprint density at radius 1 is 1.29 bits per heavy atom. The summed E-state index contributed by atoms with van der Waals surface area (Å²) in [6.45, 7) is 2.34. The fourth-order valence-electron chi connectivity index (χ4n) is 3.89. The summed E-state index contributed by atoms with van der Waals surface area (Å²) in [5, 5.41) is 3.00. The summed E-state index contributed by atoms with van der Waals surface area (Å²) in [4.78, 5) is 27.4. The molecule has 28 heavy (non-hydrogen) atoms. The lowest BCUT2D eigenvalue weighted by Crippen LogP contribution is -2.62. The zero-order valence-corrected chi connectivity index (χ0v) is 16.0. The summed E-state index contributed by atoms with van der Waals surface area (Å²) >= 11 is 0. The highest BCUT2D eigenvalue weighted by Gasteiger charge is 2.44. The summed E-state index contributed by atoms with van der Waals surface area (Å²) in [6.07, 6.45) is 7.40. The van der Waals surface area contributed by atoms with Gasteiger partial charge in [-0.15, -0.1) is 0 Å². The number of urea groups is 1. The number of hydrogen-bond donors (Lipinski definition) is 1. The van der Waals surface area contributed by atoms with Crippen LogP contribution in [-0.4, -0.2) is 41.6 Å². The van der Waals surface area contributed by atoms with Gasteiger partial charge in [0.25, 0.3) is 6.47 Å². The molecule has 0 radical (unpaired) electrons. The van der Waals surface area contributed by atoms with Gasteiger partial charge in [0, 0.05) is 29.5 Å². The Hall–Kier alpha value is -2.96. The SMILES string of the molecule is COC=O.Cc1ccc(NC(=O)N2C3CCCC2C3)cc1-c1cncc(F)c1. The number of piperidine rings is 1. The van der Waals surface area contributed by atoms with Gasteiger partial charge in [0.05, 0.1) is 13.3 Å². The van der Waals surface area contributed by atoms with Crippen LogP contribution in [0.3, 0.4) is 0 Å². The maximum absolute atomic E-state index is 13.4. The van der Waals surface area contributed by atoms with Crippen LogP contribution in [0.2, 0.25) is 0 Å². The Morgan fingerprint density at radius 2 is 2.00 bits per heavy atom. The van der Waals surface area contributed by atoms with E-state index in [0.717, 1.165) is 36.1 Å². The monoisotopic (exact) mass is 385 g/mol. The third-order valence-corrected chi connectivity index (χ3v) is 5.24. The summed E-state index contributed by atoms with van der Waals surface area (Å²) in [5.41, 5.74) is 3.34. The van der Waals surface area contributed by atoms with E-state index in [1.54, 1.807) is 6.20 Å². The number of methoxy groups -OCH3 is 1. The van der Waals surface area contributed by atoms with Crippen LogP contribution in [0.15, 0.2) is 36.7 Å². The van der Waals surface area contributed by atoms with Crippen molar-refractivity contribution in [3.63, 3.8) is 0 Å². The van der Waals surface area contributed by atoms with Crippen molar-refractivity contribution in [3.8, 4) is 11.1 Å². The molecule has 2 fully saturated rings. The molecule has 1 aromatic heterocycles. The Bertz CT molecular complexity index is 845. The molecule has 0 spiro atoms. The van der Waals surface area contributed by atoms with Crippen molar-refractivity contribution in [1.82, 2.24) is 9.88 Å². The van der Waals surface area contributed by atoms with Crippen LogP contribution < -0.4 is 5.32 Å². The maximum Gasteiger partial charge on any atom is 0.322 e. The van der Waals surface area contributed by atoms with E-state index >= 15 is 0 Å². The van der Waals surface area contributed by atoms with E-state index in [-0.39, 0.29) is 11.8 Å². The largest absolute Gasteiger partial charge is 0.471 e. The topological polar surface area (TPSA) is 71.5 Å². The van der Waals surface area contributed by atoms with Gasteiger partial charge in [0.15, 0.2) is 0 Å². The van der Waals surface area contributed by atoms with E-state index < -0.39 is 0 Å². The van der Waals surface area contributed by atoms with Gasteiger partial charge in [-0.25, -0.2) is 9.18 Å². The van der Waals surface area contributed by atoms with Crippen LogP contribution in [-0.2, 0) is 9.53 Å². The first-order valence-corrected chi connectivity index (χ1v) is 9.30. The molecule has 3 heterocycles. The van der Waals surface area contributed by atoms with Gasteiger partial charge in [0.1, 0.15) is 5.82 Å². The van der Waals surface area contributed by atoms with Gasteiger partial charge in [-0.1, -0.05) is 6.07 Å². The number of nitrogens with one attached hydrogen (secondary N) is 1. The van der Waals surface area contributed by atoms with Gasteiger partial charge in [-0.2, -0.15) is 0 Å². The van der Waals surface area contributed by atoms with Crippen molar-refractivity contribution in [2.45, 2.75) is 44.7 Å². The quantitative estimate of drug-likeness (QED) is 0.806. The number of amides is 2. The zero-order chi connectivity index (χ0) is 20.1. The highest BCUT2D eigenvalue weighted by atomic mass is 19.1. The number of rotatable bonds is 3. The number of nitrogens with zero attached hydrogens (tertiary/aromatic N) is 2. The van der Waals surface area contributed by atoms with Crippen molar-refractivity contribution in [3.05, 3.63) is 48.0 Å². The number of hydrogen-bond acceptors (Lipinski definition) is 4. The second-order valence-electron chi connectivity index (χ2n) is 7.07. The molecular weight excluding hydrogens is 361 g/mol. The minimum Gasteiger partial charge on any atom is -0.471 e. The number of aryl methyl sites for hydroxylation is 1. The number of carbonyl (C=O) groups is 2. The molecule has 2 aliphatic rings. The minimum absolute atomic E-state index is 0.0249. The van der Waals surface area contributed by atoms with Crippen molar-refractivity contribution >= 4 is 18.2 Å². The number of fused-ring (bicyclic) bond motifs is 2. The van der Waals surface area contributed by atoms with Crippen LogP contribution in [0.25, 0.3) is 11.1 Å². The van der Waals surface area contributed by atoms with Crippen molar-refractivity contribution < 1.29 is 18.7 Å². The first-order valence-electron chi connectivity index (χ1n) is 9.30. The van der Waals surface area contributed by atoms with Crippen LogP contribution in [0.4, 0.5) is 14.9 Å². The normalized spacial score (nSPS) is 19.6. The van der Waals surface area contributed by atoms with Gasteiger partial charge in [-0.05, 0) is 61.9 Å². The Morgan fingerprint density at radius 3 is 2.61 bits per heavy atom. The molecule has 0 saturated carbocycles. The molecule has 7 heteroatoms. The van der Waals surface area contributed by atoms with Crippen molar-refractivity contribution in [1.29, 1.82) is 0 Å². The average Bonchev–Trinajstić information content (AvgIpc) is 2.70. The van der Waals surface area contributed by atoms with Crippen LogP contribution in [0.5, 0.6) is 0 Å². The molecule has 2 aliphatic heterocycles. The van der Waals surface area contributed by atoms with Crippen LogP contribution >= 0.6 is 0 Å². The lowest BCUT2D eigenvalue weighted by Gasteiger charge is -2.52. The van der Waals surface area contributed by atoms with Gasteiger partial charge in [-0.3, -0.25) is 9.78 Å². The second kappa shape index (κ2) is 8.82. The molecule has 4 rings (SSSR count). The van der Waals surface area contributed by atoms with Gasteiger partial charge >= 0.3 is 6.03 Å². The van der Waals surface area contributed by atoms with E-state index in [9.17, 15) is 9.18 Å². The highest BCUT2D eigenvalue weighted by molar-refractivity contribution is 5.91. The number of ether oxygens (including phenoxy) is 1. The van der Waals surface area contributed by atoms with E-state index in [2.05, 4.69) is 15.0 Å². The minimum atomic E-state index is -0.366. The molecular formula is C21H24FN3O3. The summed E-state index contributed by atoms with van der Waals surface area (Å²) < 4.78 is 17.3. The van der Waals surface area contributed by atoms with Crippen molar-refractivity contribution in [2.75, 3.05) is 12.4 Å². The summed E-state index contributed by atoms with van der Waals surface area (Å²) in [7, 11) is 1.31. The van der Waals surface area contributed by atoms with E-state index in [1.165, 1.54) is 25.8 Å². The fraction of sp³-hybridized carbons (Fsp3) is 0.381. The highest BCUT2D eigenvalue weighted by Crippen LogP contribution is 2.38. The molecule has 2 bridgehead atoms.